The predicted molar refractivity (Wildman–Crippen MR) is 80.4 cm³/mol. The van der Waals surface area contributed by atoms with Crippen molar-refractivity contribution in [2.75, 3.05) is 13.2 Å². The fraction of sp³-hybridized carbons (Fsp3) is 0.938. The van der Waals surface area contributed by atoms with Gasteiger partial charge in [0.15, 0.2) is 0 Å². The lowest BCUT2D eigenvalue weighted by atomic mass is 9.85. The van der Waals surface area contributed by atoms with E-state index in [4.69, 9.17) is 10.5 Å². The molecule has 3 N–H and O–H groups in total. The van der Waals surface area contributed by atoms with E-state index < -0.39 is 0 Å². The fourth-order valence-electron chi connectivity index (χ4n) is 3.41. The summed E-state index contributed by atoms with van der Waals surface area (Å²) in [6.45, 7) is 1.57. The van der Waals surface area contributed by atoms with Crippen molar-refractivity contribution in [1.29, 1.82) is 0 Å². The number of nitrogens with two attached hydrogens (primary N) is 1. The van der Waals surface area contributed by atoms with Crippen LogP contribution in [0.25, 0.3) is 0 Å². The third kappa shape index (κ3) is 5.41. The highest BCUT2D eigenvalue weighted by molar-refractivity contribution is 5.81. The van der Waals surface area contributed by atoms with Gasteiger partial charge in [-0.3, -0.25) is 4.79 Å². The van der Waals surface area contributed by atoms with E-state index in [1.807, 2.05) is 0 Å². The summed E-state index contributed by atoms with van der Waals surface area (Å²) in [7, 11) is 0. The number of carbonyl (C=O) groups excluding carboxylic acids is 1. The van der Waals surface area contributed by atoms with Crippen LogP contribution in [0.4, 0.5) is 0 Å². The van der Waals surface area contributed by atoms with E-state index in [0.29, 0.717) is 18.6 Å². The second-order valence-corrected chi connectivity index (χ2v) is 6.41. The van der Waals surface area contributed by atoms with Gasteiger partial charge < -0.3 is 15.8 Å². The van der Waals surface area contributed by atoms with Crippen LogP contribution in [0.5, 0.6) is 0 Å². The van der Waals surface area contributed by atoms with Gasteiger partial charge >= 0.3 is 0 Å². The molecule has 1 saturated carbocycles. The summed E-state index contributed by atoms with van der Waals surface area (Å²) in [5, 5.41) is 2.98. The Hall–Kier alpha value is -0.610. The van der Waals surface area contributed by atoms with Crippen LogP contribution in [0.1, 0.15) is 64.2 Å². The zero-order valence-electron chi connectivity index (χ0n) is 12.6. The third-order valence-corrected chi connectivity index (χ3v) is 4.69. The van der Waals surface area contributed by atoms with Gasteiger partial charge in [-0.05, 0) is 38.0 Å². The van der Waals surface area contributed by atoms with Gasteiger partial charge in [0.2, 0.25) is 5.91 Å². The van der Waals surface area contributed by atoms with Crippen molar-refractivity contribution in [2.45, 2.75) is 76.4 Å². The van der Waals surface area contributed by atoms with Crippen molar-refractivity contribution < 1.29 is 9.53 Å². The Morgan fingerprint density at radius 2 is 1.90 bits per heavy atom. The van der Waals surface area contributed by atoms with Gasteiger partial charge in [0.05, 0.1) is 12.1 Å². The Morgan fingerprint density at radius 1 is 1.15 bits per heavy atom. The molecule has 2 fully saturated rings. The monoisotopic (exact) mass is 282 g/mol. The minimum absolute atomic E-state index is 0.0198. The Balaban J connectivity index is 1.58. The molecule has 1 amide bonds. The molecular formula is C16H30N2O2. The van der Waals surface area contributed by atoms with Crippen LogP contribution in [0.15, 0.2) is 0 Å². The molecule has 2 atom stereocenters. The average Bonchev–Trinajstić information content (AvgIpc) is 2.49. The summed E-state index contributed by atoms with van der Waals surface area (Å²) < 4.78 is 5.66. The summed E-state index contributed by atoms with van der Waals surface area (Å²) in [4.78, 5) is 12.0. The van der Waals surface area contributed by atoms with Crippen LogP contribution in [-0.2, 0) is 9.53 Å². The minimum atomic E-state index is -0.328. The maximum absolute atomic E-state index is 12.0. The number of nitrogens with one attached hydrogen (secondary N) is 1. The Bertz CT molecular complexity index is 284. The van der Waals surface area contributed by atoms with Crippen LogP contribution in [-0.4, -0.2) is 31.2 Å². The van der Waals surface area contributed by atoms with Crippen LogP contribution in [0, 0.1) is 5.92 Å². The molecule has 1 saturated heterocycles. The lowest BCUT2D eigenvalue weighted by molar-refractivity contribution is -0.122. The Morgan fingerprint density at radius 3 is 2.60 bits per heavy atom. The highest BCUT2D eigenvalue weighted by Gasteiger charge is 2.21. The van der Waals surface area contributed by atoms with E-state index >= 15 is 0 Å². The molecule has 0 radical (unpaired) electrons. The summed E-state index contributed by atoms with van der Waals surface area (Å²) in [6.07, 6.45) is 12.1. The molecule has 2 aliphatic rings. The van der Waals surface area contributed by atoms with Crippen LogP contribution < -0.4 is 11.1 Å². The van der Waals surface area contributed by atoms with Gasteiger partial charge in [0, 0.05) is 13.2 Å². The zero-order chi connectivity index (χ0) is 14.2. The largest absolute Gasteiger partial charge is 0.378 e. The van der Waals surface area contributed by atoms with Crippen LogP contribution in [0.2, 0.25) is 0 Å². The van der Waals surface area contributed by atoms with Crippen LogP contribution >= 0.6 is 0 Å². The molecule has 20 heavy (non-hydrogen) atoms. The van der Waals surface area contributed by atoms with Crippen molar-refractivity contribution in [3.05, 3.63) is 0 Å². The van der Waals surface area contributed by atoms with Crippen LogP contribution in [0.3, 0.4) is 0 Å². The molecule has 4 heteroatoms. The molecule has 0 aromatic carbocycles. The second kappa shape index (κ2) is 8.63. The first-order chi connectivity index (χ1) is 9.75. The number of ether oxygens (including phenoxy) is 1. The number of hydrogen-bond donors (Lipinski definition) is 2. The normalized spacial score (nSPS) is 26.1. The predicted octanol–water partition coefficient (Wildman–Crippen LogP) is 2.36. The molecule has 0 aromatic heterocycles. The van der Waals surface area contributed by atoms with Gasteiger partial charge in [0.1, 0.15) is 0 Å². The minimum Gasteiger partial charge on any atom is -0.378 e. The summed E-state index contributed by atoms with van der Waals surface area (Å²) in [5.74, 6) is 0.678. The summed E-state index contributed by atoms with van der Waals surface area (Å²) >= 11 is 0. The molecular weight excluding hydrogens is 252 g/mol. The van der Waals surface area contributed by atoms with Gasteiger partial charge in [-0.15, -0.1) is 0 Å². The first kappa shape index (κ1) is 15.8. The maximum atomic E-state index is 12.0. The topological polar surface area (TPSA) is 64.4 Å². The smallest absolute Gasteiger partial charge is 0.236 e. The summed E-state index contributed by atoms with van der Waals surface area (Å²) in [5.41, 5.74) is 6.02. The first-order valence-corrected chi connectivity index (χ1v) is 8.40. The van der Waals surface area contributed by atoms with E-state index in [9.17, 15) is 4.79 Å². The highest BCUT2D eigenvalue weighted by Crippen LogP contribution is 2.26. The van der Waals surface area contributed by atoms with Gasteiger partial charge in [-0.2, -0.15) is 0 Å². The molecule has 1 heterocycles. The van der Waals surface area contributed by atoms with Crippen molar-refractivity contribution in [3.63, 3.8) is 0 Å². The van der Waals surface area contributed by atoms with E-state index in [2.05, 4.69) is 5.32 Å². The van der Waals surface area contributed by atoms with E-state index in [1.165, 1.54) is 44.9 Å². The van der Waals surface area contributed by atoms with E-state index in [-0.39, 0.29) is 11.9 Å². The van der Waals surface area contributed by atoms with Gasteiger partial charge in [-0.1, -0.05) is 32.1 Å². The lowest BCUT2D eigenvalue weighted by Gasteiger charge is -2.25. The molecule has 4 nitrogen and oxygen atoms in total. The molecule has 116 valence electrons. The third-order valence-electron chi connectivity index (χ3n) is 4.69. The van der Waals surface area contributed by atoms with E-state index in [1.54, 1.807) is 0 Å². The van der Waals surface area contributed by atoms with Crippen molar-refractivity contribution in [1.82, 2.24) is 5.32 Å². The number of amides is 1. The number of carbonyl (C=O) groups is 1. The Kier molecular flexibility index (Phi) is 6.80. The lowest BCUT2D eigenvalue weighted by Crippen LogP contribution is -2.43. The van der Waals surface area contributed by atoms with Crippen molar-refractivity contribution in [2.24, 2.45) is 11.7 Å². The highest BCUT2D eigenvalue weighted by atomic mass is 16.5. The van der Waals surface area contributed by atoms with Crippen molar-refractivity contribution in [3.8, 4) is 0 Å². The number of hydrogen-bond acceptors (Lipinski definition) is 3. The molecule has 2 unspecified atom stereocenters. The molecule has 2 rings (SSSR count). The summed E-state index contributed by atoms with van der Waals surface area (Å²) in [6, 6.07) is -0.328. The fourth-order valence-corrected chi connectivity index (χ4v) is 3.41. The Labute approximate surface area is 122 Å². The molecule has 1 aliphatic carbocycles. The van der Waals surface area contributed by atoms with Gasteiger partial charge in [0.25, 0.3) is 0 Å². The SMILES string of the molecule is NC(CC1CCCCC1)C(=O)NCCC1CCCCO1. The van der Waals surface area contributed by atoms with E-state index in [0.717, 1.165) is 25.9 Å². The molecule has 0 spiro atoms. The molecule has 0 aromatic rings. The van der Waals surface area contributed by atoms with Crippen molar-refractivity contribution >= 4 is 5.91 Å². The zero-order valence-corrected chi connectivity index (χ0v) is 12.6. The maximum Gasteiger partial charge on any atom is 0.236 e. The molecule has 0 bridgehead atoms. The second-order valence-electron chi connectivity index (χ2n) is 6.41. The van der Waals surface area contributed by atoms with Gasteiger partial charge in [-0.25, -0.2) is 0 Å². The first-order valence-electron chi connectivity index (χ1n) is 8.40. The molecule has 1 aliphatic heterocycles. The number of rotatable bonds is 6. The standard InChI is InChI=1S/C16H30N2O2/c17-15(12-13-6-2-1-3-7-13)16(19)18-10-9-14-8-4-5-11-20-14/h13-15H,1-12,17H2,(H,18,19). The average molecular weight is 282 g/mol. The quantitative estimate of drug-likeness (QED) is 0.786.